The van der Waals surface area contributed by atoms with Crippen LogP contribution < -0.4 is 10.2 Å². The fraction of sp³-hybridized carbons (Fsp3) is 0.333. The van der Waals surface area contributed by atoms with Crippen molar-refractivity contribution in [2.24, 2.45) is 0 Å². The van der Waals surface area contributed by atoms with Crippen molar-refractivity contribution in [2.75, 3.05) is 16.8 Å². The van der Waals surface area contributed by atoms with Crippen LogP contribution in [0.3, 0.4) is 0 Å². The molecule has 0 saturated heterocycles. The maximum absolute atomic E-state index is 12.6. The second kappa shape index (κ2) is 8.71. The number of nitrogens with one attached hydrogen (secondary N) is 1. The van der Waals surface area contributed by atoms with Crippen LogP contribution in [0.2, 0.25) is 10.0 Å². The molecule has 0 aliphatic carbocycles. The molecule has 0 saturated carbocycles. The number of nitriles is 1. The third-order valence-corrected chi connectivity index (χ3v) is 6.13. The maximum atomic E-state index is 12.6. The molecule has 6 heteroatoms. The molecule has 2 aromatic rings. The Labute approximate surface area is 188 Å². The van der Waals surface area contributed by atoms with Gasteiger partial charge in [-0.3, -0.25) is 4.79 Å². The van der Waals surface area contributed by atoms with Crippen molar-refractivity contribution in [1.29, 1.82) is 5.26 Å². The number of hydrogen-bond acceptors (Lipinski definition) is 3. The van der Waals surface area contributed by atoms with Crippen LogP contribution in [0.15, 0.2) is 42.0 Å². The molecule has 4 nitrogen and oxygen atoms in total. The van der Waals surface area contributed by atoms with Crippen LogP contribution in [0.4, 0.5) is 11.4 Å². The molecule has 0 bridgehead atoms. The van der Waals surface area contributed by atoms with Crippen molar-refractivity contribution in [3.05, 3.63) is 63.1 Å². The van der Waals surface area contributed by atoms with E-state index in [0.717, 1.165) is 18.5 Å². The predicted molar refractivity (Wildman–Crippen MR) is 125 cm³/mol. The molecule has 1 aliphatic rings. The molecule has 3 rings (SSSR count). The molecule has 0 spiro atoms. The lowest BCUT2D eigenvalue weighted by atomic mass is 9.79. The lowest BCUT2D eigenvalue weighted by molar-refractivity contribution is -0.112. The molecule has 0 fully saturated rings. The van der Waals surface area contributed by atoms with Crippen LogP contribution in [-0.4, -0.2) is 18.0 Å². The van der Waals surface area contributed by atoms with Crippen molar-refractivity contribution in [1.82, 2.24) is 0 Å². The average Bonchev–Trinajstić information content (AvgIpc) is 2.68. The lowest BCUT2D eigenvalue weighted by Crippen LogP contribution is -2.48. The summed E-state index contributed by atoms with van der Waals surface area (Å²) in [6, 6.07) is 12.9. The Kier molecular flexibility index (Phi) is 6.45. The summed E-state index contributed by atoms with van der Waals surface area (Å²) in [5.74, 6) is -0.123. The van der Waals surface area contributed by atoms with Crippen molar-refractivity contribution >= 4 is 46.6 Å². The van der Waals surface area contributed by atoms with Crippen LogP contribution in [0.1, 0.15) is 51.2 Å². The standard InChI is InChI=1S/C24H25Cl2N3O/c1-5-29-22-9-6-16(11-19(22)15(2)13-24(29,3)4)10-17(14-27)23(30)28-21-8-7-18(25)12-20(21)26/h6-12,15H,5,13H2,1-4H3,(H,28,30)/b17-10-/t15-/m0/s1. The normalized spacial score (nSPS) is 17.8. The minimum Gasteiger partial charge on any atom is -0.366 e. The topological polar surface area (TPSA) is 56.1 Å². The Balaban J connectivity index is 1.91. The molecule has 1 amide bonds. The van der Waals surface area contributed by atoms with Crippen LogP contribution in [-0.2, 0) is 4.79 Å². The van der Waals surface area contributed by atoms with Gasteiger partial charge in [0.05, 0.1) is 10.7 Å². The first-order chi connectivity index (χ1) is 14.2. The summed E-state index contributed by atoms with van der Waals surface area (Å²) in [6.07, 6.45) is 2.66. The van der Waals surface area contributed by atoms with E-state index in [4.69, 9.17) is 23.2 Å². The minimum absolute atomic E-state index is 0.0112. The minimum atomic E-state index is -0.510. The molecule has 30 heavy (non-hydrogen) atoms. The molecule has 1 atom stereocenters. The highest BCUT2D eigenvalue weighted by atomic mass is 35.5. The van der Waals surface area contributed by atoms with Crippen LogP contribution in [0.5, 0.6) is 0 Å². The second-order valence-corrected chi connectivity index (χ2v) is 9.07. The first-order valence-electron chi connectivity index (χ1n) is 9.96. The Morgan fingerprint density at radius 1 is 1.30 bits per heavy atom. The molecule has 156 valence electrons. The summed E-state index contributed by atoms with van der Waals surface area (Å²) in [4.78, 5) is 15.0. The summed E-state index contributed by atoms with van der Waals surface area (Å²) < 4.78 is 0. The van der Waals surface area contributed by atoms with E-state index in [2.05, 4.69) is 50.0 Å². The number of carbonyl (C=O) groups is 1. The number of anilines is 2. The van der Waals surface area contributed by atoms with Crippen molar-refractivity contribution in [3.63, 3.8) is 0 Å². The quantitative estimate of drug-likeness (QED) is 0.426. The SMILES string of the molecule is CCN1c2ccc(/C=C(/C#N)C(=O)Nc3ccc(Cl)cc3Cl)cc2[C@@H](C)CC1(C)C. The number of fused-ring (bicyclic) bond motifs is 1. The summed E-state index contributed by atoms with van der Waals surface area (Å²) in [6.45, 7) is 9.85. The van der Waals surface area contributed by atoms with Gasteiger partial charge in [0.2, 0.25) is 0 Å². The van der Waals surface area contributed by atoms with Crippen LogP contribution >= 0.6 is 23.2 Å². The van der Waals surface area contributed by atoms with Gasteiger partial charge in [0.1, 0.15) is 11.6 Å². The van der Waals surface area contributed by atoms with Crippen LogP contribution in [0, 0.1) is 11.3 Å². The van der Waals surface area contributed by atoms with Crippen molar-refractivity contribution in [3.8, 4) is 6.07 Å². The van der Waals surface area contributed by atoms with Crippen molar-refractivity contribution in [2.45, 2.75) is 45.6 Å². The highest BCUT2D eigenvalue weighted by molar-refractivity contribution is 6.36. The maximum Gasteiger partial charge on any atom is 0.266 e. The molecule has 0 unspecified atom stereocenters. The van der Waals surface area contributed by atoms with Gasteiger partial charge in [0, 0.05) is 22.8 Å². The van der Waals surface area contributed by atoms with Gasteiger partial charge < -0.3 is 10.2 Å². The smallest absolute Gasteiger partial charge is 0.266 e. The number of halogens is 2. The number of hydrogen-bond donors (Lipinski definition) is 1. The number of rotatable bonds is 4. The predicted octanol–water partition coefficient (Wildman–Crippen LogP) is 6.65. The second-order valence-electron chi connectivity index (χ2n) is 8.23. The first-order valence-corrected chi connectivity index (χ1v) is 10.7. The molecule has 0 aromatic heterocycles. The van der Waals surface area contributed by atoms with E-state index in [9.17, 15) is 10.1 Å². The number of benzene rings is 2. The first kappa shape index (κ1) is 22.2. The highest BCUT2D eigenvalue weighted by Gasteiger charge is 2.35. The third kappa shape index (κ3) is 4.48. The molecular formula is C24H25Cl2N3O. The van der Waals surface area contributed by atoms with Gasteiger partial charge in [-0.15, -0.1) is 0 Å². The zero-order valence-electron chi connectivity index (χ0n) is 17.6. The van der Waals surface area contributed by atoms with E-state index in [1.54, 1.807) is 24.3 Å². The van der Waals surface area contributed by atoms with E-state index < -0.39 is 5.91 Å². The third-order valence-electron chi connectivity index (χ3n) is 5.58. The van der Waals surface area contributed by atoms with Gasteiger partial charge in [-0.25, -0.2) is 0 Å². The average molecular weight is 442 g/mol. The largest absolute Gasteiger partial charge is 0.366 e. The van der Waals surface area contributed by atoms with Gasteiger partial charge in [-0.05, 0) is 80.6 Å². The van der Waals surface area contributed by atoms with E-state index in [0.29, 0.717) is 21.7 Å². The van der Waals surface area contributed by atoms with E-state index in [1.807, 2.05) is 12.1 Å². The summed E-state index contributed by atoms with van der Waals surface area (Å²) in [5, 5.41) is 13.0. The fourth-order valence-electron chi connectivity index (χ4n) is 4.29. The summed E-state index contributed by atoms with van der Waals surface area (Å²) >= 11 is 12.0. The van der Waals surface area contributed by atoms with E-state index in [1.165, 1.54) is 11.3 Å². The number of nitrogens with zero attached hydrogens (tertiary/aromatic N) is 2. The van der Waals surface area contributed by atoms with Gasteiger partial charge in [0.15, 0.2) is 0 Å². The monoisotopic (exact) mass is 441 g/mol. The molecule has 2 aromatic carbocycles. The van der Waals surface area contributed by atoms with Crippen LogP contribution in [0.25, 0.3) is 6.08 Å². The number of amides is 1. The Bertz CT molecular complexity index is 1050. The Morgan fingerprint density at radius 2 is 2.03 bits per heavy atom. The fourth-order valence-corrected chi connectivity index (χ4v) is 4.75. The zero-order chi connectivity index (χ0) is 22.1. The molecule has 1 aliphatic heterocycles. The van der Waals surface area contributed by atoms with Crippen molar-refractivity contribution < 1.29 is 4.79 Å². The molecule has 0 radical (unpaired) electrons. The Hall–Kier alpha value is -2.48. The van der Waals surface area contributed by atoms with Gasteiger partial charge in [-0.2, -0.15) is 5.26 Å². The number of carbonyl (C=O) groups excluding carboxylic acids is 1. The summed E-state index contributed by atoms with van der Waals surface area (Å²) in [7, 11) is 0. The lowest BCUT2D eigenvalue weighted by Gasteiger charge is -2.47. The van der Waals surface area contributed by atoms with E-state index >= 15 is 0 Å². The molecule has 1 N–H and O–H groups in total. The summed E-state index contributed by atoms with van der Waals surface area (Å²) in [5.41, 5.74) is 3.79. The molecule has 1 heterocycles. The zero-order valence-corrected chi connectivity index (χ0v) is 19.1. The van der Waals surface area contributed by atoms with E-state index in [-0.39, 0.29) is 11.1 Å². The molecular weight excluding hydrogens is 417 g/mol. The van der Waals surface area contributed by atoms with Gasteiger partial charge >= 0.3 is 0 Å². The highest BCUT2D eigenvalue weighted by Crippen LogP contribution is 2.43. The Morgan fingerprint density at radius 3 is 2.67 bits per heavy atom. The van der Waals surface area contributed by atoms with Gasteiger partial charge in [-0.1, -0.05) is 36.2 Å². The van der Waals surface area contributed by atoms with Gasteiger partial charge in [0.25, 0.3) is 5.91 Å².